The predicted octanol–water partition coefficient (Wildman–Crippen LogP) is 6.70. The third kappa shape index (κ3) is 22.5. The molecule has 3 nitrogen and oxygen atoms in total. The Hall–Kier alpha value is -0.706. The van der Waals surface area contributed by atoms with E-state index < -0.39 is 0 Å². The monoisotopic (exact) mass is 480 g/mol. The van der Waals surface area contributed by atoms with Crippen LogP contribution in [0.1, 0.15) is 61.3 Å². The van der Waals surface area contributed by atoms with Gasteiger partial charge < -0.3 is 14.7 Å². The molecule has 0 fully saturated rings. The fourth-order valence-corrected chi connectivity index (χ4v) is 3.47. The average molecular weight is 481 g/mol. The van der Waals surface area contributed by atoms with Gasteiger partial charge in [-0.1, -0.05) is 59.8 Å². The summed E-state index contributed by atoms with van der Waals surface area (Å²) >= 11 is 2.21. The number of nitrogens with zero attached hydrogens (tertiary/aromatic N) is 3. The van der Waals surface area contributed by atoms with Crippen LogP contribution in [-0.4, -0.2) is 73.6 Å². The van der Waals surface area contributed by atoms with Crippen molar-refractivity contribution in [3.8, 4) is 0 Å². The quantitative estimate of drug-likeness (QED) is 0.215. The minimum atomic E-state index is 1.02. The van der Waals surface area contributed by atoms with Crippen LogP contribution in [0.4, 0.5) is 0 Å². The molecule has 0 aromatic carbocycles. The first-order valence-corrected chi connectivity index (χ1v) is 13.3. The van der Waals surface area contributed by atoms with Crippen molar-refractivity contribution in [3.05, 3.63) is 59.6 Å². The molecule has 0 heterocycles. The summed E-state index contributed by atoms with van der Waals surface area (Å²) < 4.78 is 1.55. The van der Waals surface area contributed by atoms with Gasteiger partial charge in [-0.2, -0.15) is 0 Å². The first-order valence-electron chi connectivity index (χ1n) is 12.5. The van der Waals surface area contributed by atoms with E-state index in [4.69, 9.17) is 0 Å². The van der Waals surface area contributed by atoms with Gasteiger partial charge in [0, 0.05) is 19.6 Å². The third-order valence-corrected chi connectivity index (χ3v) is 6.07. The van der Waals surface area contributed by atoms with Crippen LogP contribution in [-0.2, 0) is 20.4 Å². The molecule has 0 saturated heterocycles. The summed E-state index contributed by atoms with van der Waals surface area (Å²) in [4.78, 5) is 6.94. The summed E-state index contributed by atoms with van der Waals surface area (Å²) in [5, 5.41) is 0. The Morgan fingerprint density at radius 2 is 1.00 bits per heavy atom. The fraction of sp³-hybridized carbons (Fsp3) is 0.643. The molecule has 0 amide bonds. The van der Waals surface area contributed by atoms with Crippen LogP contribution >= 0.6 is 0 Å². The molecule has 32 heavy (non-hydrogen) atoms. The molecule has 1 aliphatic rings. The van der Waals surface area contributed by atoms with Crippen LogP contribution in [0.2, 0.25) is 0 Å². The molecule has 0 unspecified atom stereocenters. The number of allylic oxidation sites excluding steroid dienone is 4. The zero-order valence-electron chi connectivity index (χ0n) is 22.6. The topological polar surface area (TPSA) is 9.72 Å². The molecule has 1 rings (SSSR count). The predicted molar refractivity (Wildman–Crippen MR) is 145 cm³/mol. The van der Waals surface area contributed by atoms with Gasteiger partial charge in [0.1, 0.15) is 0 Å². The minimum absolute atomic E-state index is 1.02. The molecule has 0 aromatic heterocycles. The maximum absolute atomic E-state index is 3.65. The van der Waals surface area contributed by atoms with Crippen LogP contribution in [0.25, 0.3) is 0 Å². The van der Waals surface area contributed by atoms with Crippen molar-refractivity contribution in [2.75, 3.05) is 58.9 Å². The molecular formula is C28H54N3Ti. The molecular weight excluding hydrogens is 426 g/mol. The number of hydrogen-bond acceptors (Lipinski definition) is 3. The van der Waals surface area contributed by atoms with Crippen molar-refractivity contribution in [1.29, 1.82) is 0 Å². The number of rotatable bonds is 13. The van der Waals surface area contributed by atoms with E-state index in [1.54, 1.807) is 3.88 Å². The van der Waals surface area contributed by atoms with Gasteiger partial charge in [-0.15, -0.1) is 19.7 Å². The van der Waals surface area contributed by atoms with Gasteiger partial charge in [-0.3, -0.25) is 0 Å². The SMILES string of the molecule is C=CCN(CC)CC.C=CCN(CC)CC.C=CCN(CC)CC.CCC1=[C]([Ti])CC=C1. The third-order valence-electron chi connectivity index (χ3n) is 5.25. The van der Waals surface area contributed by atoms with Gasteiger partial charge >= 0.3 is 61.8 Å². The zero-order chi connectivity index (χ0) is 25.2. The van der Waals surface area contributed by atoms with E-state index in [0.717, 1.165) is 58.9 Å². The first-order chi connectivity index (χ1) is 15.4. The number of hydrogen-bond donors (Lipinski definition) is 0. The standard InChI is InChI=1S/3C7H15N.C7H9.Ti/c3*1-4-7-8(5-2)6-3;1-2-7-5-3-4-6-7;/h3*4H,1,5-7H2,2-3H3;3,5H,2,4H2,1H3;. The normalized spacial score (nSPS) is 11.9. The molecule has 0 spiro atoms. The average Bonchev–Trinajstić information content (AvgIpc) is 3.25. The Morgan fingerprint density at radius 1 is 0.688 bits per heavy atom. The van der Waals surface area contributed by atoms with Gasteiger partial charge in [-0.05, 0) is 39.3 Å². The Balaban J connectivity index is -0.000000350. The molecule has 1 aliphatic carbocycles. The van der Waals surface area contributed by atoms with Crippen molar-refractivity contribution < 1.29 is 20.4 Å². The van der Waals surface area contributed by atoms with Gasteiger partial charge in [0.05, 0.1) is 0 Å². The summed E-state index contributed by atoms with van der Waals surface area (Å²) in [6.45, 7) is 36.0. The van der Waals surface area contributed by atoms with Crippen LogP contribution in [0.5, 0.6) is 0 Å². The second kappa shape index (κ2) is 28.3. The Kier molecular flexibility index (Phi) is 31.8. The van der Waals surface area contributed by atoms with Crippen LogP contribution < -0.4 is 0 Å². The Labute approximate surface area is 214 Å². The number of likely N-dealkylation sites (N-methyl/N-ethyl adjacent to an activating group) is 3. The van der Waals surface area contributed by atoms with Crippen molar-refractivity contribution >= 4 is 0 Å². The van der Waals surface area contributed by atoms with E-state index >= 15 is 0 Å². The van der Waals surface area contributed by atoms with Gasteiger partial charge in [0.25, 0.3) is 0 Å². The second-order valence-electron chi connectivity index (χ2n) is 7.29. The molecule has 0 radical (unpaired) electrons. The van der Waals surface area contributed by atoms with E-state index in [0.29, 0.717) is 0 Å². The summed E-state index contributed by atoms with van der Waals surface area (Å²) in [5.41, 5.74) is 1.53. The van der Waals surface area contributed by atoms with Crippen molar-refractivity contribution in [1.82, 2.24) is 14.7 Å². The molecule has 0 aliphatic heterocycles. The van der Waals surface area contributed by atoms with Crippen molar-refractivity contribution in [2.45, 2.75) is 61.3 Å². The van der Waals surface area contributed by atoms with E-state index in [9.17, 15) is 0 Å². The maximum atomic E-state index is 3.65. The van der Waals surface area contributed by atoms with E-state index in [1.807, 2.05) is 18.2 Å². The summed E-state index contributed by atoms with van der Waals surface area (Å²) in [6.07, 6.45) is 12.7. The summed E-state index contributed by atoms with van der Waals surface area (Å²) in [7, 11) is 0. The molecule has 185 valence electrons. The summed E-state index contributed by atoms with van der Waals surface area (Å²) in [6, 6.07) is 0. The van der Waals surface area contributed by atoms with Gasteiger partial charge in [0.2, 0.25) is 0 Å². The van der Waals surface area contributed by atoms with Gasteiger partial charge in [0.15, 0.2) is 0 Å². The van der Waals surface area contributed by atoms with Gasteiger partial charge in [-0.25, -0.2) is 0 Å². The molecule has 0 aromatic rings. The van der Waals surface area contributed by atoms with Crippen LogP contribution in [0.15, 0.2) is 59.6 Å². The van der Waals surface area contributed by atoms with Crippen molar-refractivity contribution in [3.63, 3.8) is 0 Å². The van der Waals surface area contributed by atoms with Crippen LogP contribution in [0, 0.1) is 0 Å². The molecule has 0 bridgehead atoms. The van der Waals surface area contributed by atoms with E-state index in [2.05, 4.69) is 115 Å². The molecule has 4 heteroatoms. The Morgan fingerprint density at radius 3 is 1.09 bits per heavy atom. The summed E-state index contributed by atoms with van der Waals surface area (Å²) in [5.74, 6) is 0. The van der Waals surface area contributed by atoms with E-state index in [1.165, 1.54) is 18.4 Å². The molecule has 0 atom stereocenters. The molecule has 0 saturated carbocycles. The Bertz CT molecular complexity index is 442. The van der Waals surface area contributed by atoms with Crippen LogP contribution in [0.3, 0.4) is 0 Å². The van der Waals surface area contributed by atoms with Crippen molar-refractivity contribution in [2.24, 2.45) is 0 Å². The molecule has 0 N–H and O–H groups in total. The fourth-order valence-electron chi connectivity index (χ4n) is 2.88. The second-order valence-corrected chi connectivity index (χ2v) is 8.23. The first kappa shape index (κ1) is 35.9. The van der Waals surface area contributed by atoms with E-state index in [-0.39, 0.29) is 0 Å². The zero-order valence-corrected chi connectivity index (χ0v) is 24.2.